The average molecular weight is 417 g/mol. The summed E-state index contributed by atoms with van der Waals surface area (Å²) >= 11 is 2.31. The molecular weight excluding hydrogens is 393 g/mol. The van der Waals surface area contributed by atoms with Crippen LogP contribution in [0, 0.1) is 3.57 Å². The molecule has 1 fully saturated rings. The highest BCUT2D eigenvalue weighted by molar-refractivity contribution is 14.1. The van der Waals surface area contributed by atoms with Crippen molar-refractivity contribution in [2.24, 2.45) is 0 Å². The average Bonchev–Trinajstić information content (AvgIpc) is 2.62. The van der Waals surface area contributed by atoms with E-state index in [4.69, 9.17) is 10.5 Å². The van der Waals surface area contributed by atoms with Gasteiger partial charge in [0.15, 0.2) is 0 Å². The Morgan fingerprint density at radius 1 is 1.23 bits per heavy atom. The largest absolute Gasteiger partial charge is 0.444 e. The first kappa shape index (κ1) is 17.2. The van der Waals surface area contributed by atoms with Gasteiger partial charge in [-0.15, -0.1) is 0 Å². The molecule has 122 valence electrons. The summed E-state index contributed by atoms with van der Waals surface area (Å²) in [7, 11) is 0. The molecular formula is C16H24IN3O2. The van der Waals surface area contributed by atoms with E-state index in [-0.39, 0.29) is 6.09 Å². The van der Waals surface area contributed by atoms with Crippen LogP contribution in [0.25, 0.3) is 0 Å². The fourth-order valence-electron chi connectivity index (χ4n) is 2.45. The highest BCUT2D eigenvalue weighted by Gasteiger charge is 2.24. The summed E-state index contributed by atoms with van der Waals surface area (Å²) in [6, 6.07) is 5.96. The van der Waals surface area contributed by atoms with Crippen molar-refractivity contribution in [3.63, 3.8) is 0 Å². The molecule has 6 heteroatoms. The van der Waals surface area contributed by atoms with Crippen LogP contribution in [0.3, 0.4) is 0 Å². The lowest BCUT2D eigenvalue weighted by molar-refractivity contribution is 0.0263. The van der Waals surface area contributed by atoms with Gasteiger partial charge in [0.25, 0.3) is 0 Å². The zero-order valence-corrected chi connectivity index (χ0v) is 15.6. The van der Waals surface area contributed by atoms with E-state index in [9.17, 15) is 4.79 Å². The standard InChI is InChI=1S/C16H24IN3O2/c1-16(2,3)22-15(21)20-8-4-7-19(9-10-20)14-6-5-12(18)11-13(14)17/h5-6,11H,4,7-10,18H2,1-3H3. The second-order valence-corrected chi connectivity index (χ2v) is 7.68. The van der Waals surface area contributed by atoms with Crippen LogP contribution in [0.1, 0.15) is 27.2 Å². The summed E-state index contributed by atoms with van der Waals surface area (Å²) in [6.45, 7) is 8.83. The van der Waals surface area contributed by atoms with Gasteiger partial charge >= 0.3 is 6.09 Å². The smallest absolute Gasteiger partial charge is 0.410 e. The second-order valence-electron chi connectivity index (χ2n) is 6.52. The normalized spacial score (nSPS) is 16.4. The van der Waals surface area contributed by atoms with Crippen LogP contribution in [0.15, 0.2) is 18.2 Å². The summed E-state index contributed by atoms with van der Waals surface area (Å²) in [6.07, 6.45) is 0.709. The molecule has 1 aliphatic rings. The number of nitrogen functional groups attached to an aromatic ring is 1. The van der Waals surface area contributed by atoms with E-state index in [2.05, 4.69) is 33.6 Å². The molecule has 1 aromatic rings. The van der Waals surface area contributed by atoms with Gasteiger partial charge in [0.05, 0.1) is 5.69 Å². The van der Waals surface area contributed by atoms with Crippen LogP contribution in [0.2, 0.25) is 0 Å². The van der Waals surface area contributed by atoms with Crippen molar-refractivity contribution in [3.8, 4) is 0 Å². The predicted molar refractivity (Wildman–Crippen MR) is 98.2 cm³/mol. The summed E-state index contributed by atoms with van der Waals surface area (Å²) in [4.78, 5) is 16.3. The molecule has 1 aromatic carbocycles. The van der Waals surface area contributed by atoms with Crippen LogP contribution in [0.5, 0.6) is 0 Å². The van der Waals surface area contributed by atoms with Crippen molar-refractivity contribution in [3.05, 3.63) is 21.8 Å². The lowest BCUT2D eigenvalue weighted by atomic mass is 10.2. The Kier molecular flexibility index (Phi) is 5.41. The molecule has 0 spiro atoms. The Bertz CT molecular complexity index is 543. The molecule has 1 aliphatic heterocycles. The number of carbonyl (C=O) groups excluding carboxylic acids is 1. The first-order chi connectivity index (χ1) is 10.3. The van der Waals surface area contributed by atoms with Crippen molar-refractivity contribution >= 4 is 40.1 Å². The minimum absolute atomic E-state index is 0.221. The molecule has 0 bridgehead atoms. The molecule has 1 saturated heterocycles. The maximum absolute atomic E-state index is 12.2. The highest BCUT2D eigenvalue weighted by Crippen LogP contribution is 2.26. The maximum atomic E-state index is 12.2. The number of nitrogens with zero attached hydrogens (tertiary/aromatic N) is 2. The van der Waals surface area contributed by atoms with E-state index < -0.39 is 5.60 Å². The van der Waals surface area contributed by atoms with E-state index in [1.807, 2.05) is 32.9 Å². The number of hydrogen-bond acceptors (Lipinski definition) is 4. The molecule has 0 aliphatic carbocycles. The molecule has 0 aromatic heterocycles. The lowest BCUT2D eigenvalue weighted by Gasteiger charge is -2.27. The van der Waals surface area contributed by atoms with Crippen LogP contribution >= 0.6 is 22.6 Å². The molecule has 1 amide bonds. The summed E-state index contributed by atoms with van der Waals surface area (Å²) < 4.78 is 6.61. The van der Waals surface area contributed by atoms with Gasteiger partial charge < -0.3 is 20.3 Å². The van der Waals surface area contributed by atoms with Crippen LogP contribution in [0.4, 0.5) is 16.2 Å². The Hall–Kier alpha value is -1.18. The molecule has 2 rings (SSSR count). The number of benzene rings is 1. The van der Waals surface area contributed by atoms with Crippen LogP contribution < -0.4 is 10.6 Å². The molecule has 5 nitrogen and oxygen atoms in total. The topological polar surface area (TPSA) is 58.8 Å². The lowest BCUT2D eigenvalue weighted by Crippen LogP contribution is -2.39. The summed E-state index contributed by atoms with van der Waals surface area (Å²) in [5, 5.41) is 0. The minimum Gasteiger partial charge on any atom is -0.444 e. The predicted octanol–water partition coefficient (Wildman–Crippen LogP) is 3.32. The summed E-state index contributed by atoms with van der Waals surface area (Å²) in [5.41, 5.74) is 7.32. The number of amides is 1. The molecule has 0 atom stereocenters. The van der Waals surface area contributed by atoms with Crippen molar-refractivity contribution in [1.29, 1.82) is 0 Å². The Labute approximate surface area is 145 Å². The maximum Gasteiger partial charge on any atom is 0.410 e. The number of rotatable bonds is 1. The van der Waals surface area contributed by atoms with E-state index in [1.165, 1.54) is 5.69 Å². The molecule has 0 unspecified atom stereocenters. The van der Waals surface area contributed by atoms with Gasteiger partial charge in [-0.1, -0.05) is 0 Å². The first-order valence-electron chi connectivity index (χ1n) is 7.54. The van der Waals surface area contributed by atoms with E-state index in [0.29, 0.717) is 6.54 Å². The first-order valence-corrected chi connectivity index (χ1v) is 8.62. The van der Waals surface area contributed by atoms with Crippen molar-refractivity contribution in [1.82, 2.24) is 4.90 Å². The SMILES string of the molecule is CC(C)(C)OC(=O)N1CCCN(c2ccc(N)cc2I)CC1. The molecule has 22 heavy (non-hydrogen) atoms. The molecule has 0 radical (unpaired) electrons. The highest BCUT2D eigenvalue weighted by atomic mass is 127. The van der Waals surface area contributed by atoms with E-state index >= 15 is 0 Å². The van der Waals surface area contributed by atoms with E-state index in [0.717, 1.165) is 35.3 Å². The third kappa shape index (κ3) is 4.66. The fourth-order valence-corrected chi connectivity index (χ4v) is 3.33. The molecule has 2 N–H and O–H groups in total. The third-order valence-electron chi connectivity index (χ3n) is 3.46. The van der Waals surface area contributed by atoms with Gasteiger partial charge in [0, 0.05) is 35.4 Å². The number of halogens is 1. The van der Waals surface area contributed by atoms with Gasteiger partial charge in [0.2, 0.25) is 0 Å². The van der Waals surface area contributed by atoms with Gasteiger partial charge in [-0.2, -0.15) is 0 Å². The Morgan fingerprint density at radius 2 is 1.95 bits per heavy atom. The van der Waals surface area contributed by atoms with Crippen molar-refractivity contribution < 1.29 is 9.53 Å². The number of anilines is 2. The second kappa shape index (κ2) is 6.93. The zero-order chi connectivity index (χ0) is 16.3. The quantitative estimate of drug-likeness (QED) is 0.563. The van der Waals surface area contributed by atoms with Crippen LogP contribution in [-0.2, 0) is 4.74 Å². The molecule has 0 saturated carbocycles. The van der Waals surface area contributed by atoms with Crippen molar-refractivity contribution in [2.45, 2.75) is 32.8 Å². The Morgan fingerprint density at radius 3 is 2.59 bits per heavy atom. The zero-order valence-electron chi connectivity index (χ0n) is 13.4. The van der Waals surface area contributed by atoms with Gasteiger partial charge in [-0.05, 0) is 68.0 Å². The van der Waals surface area contributed by atoms with E-state index in [1.54, 1.807) is 4.90 Å². The monoisotopic (exact) mass is 417 g/mol. The van der Waals surface area contributed by atoms with Gasteiger partial charge in [0.1, 0.15) is 5.60 Å². The van der Waals surface area contributed by atoms with Crippen molar-refractivity contribution in [2.75, 3.05) is 36.8 Å². The number of nitrogens with two attached hydrogens (primary N) is 1. The minimum atomic E-state index is -0.449. The molecule has 1 heterocycles. The third-order valence-corrected chi connectivity index (χ3v) is 4.32. The number of ether oxygens (including phenoxy) is 1. The summed E-state index contributed by atoms with van der Waals surface area (Å²) in [5.74, 6) is 0. The van der Waals surface area contributed by atoms with Gasteiger partial charge in [-0.3, -0.25) is 0 Å². The van der Waals surface area contributed by atoms with Gasteiger partial charge in [-0.25, -0.2) is 4.79 Å². The fraction of sp³-hybridized carbons (Fsp3) is 0.562. The Balaban J connectivity index is 2.02. The number of hydrogen-bond donors (Lipinski definition) is 1. The number of carbonyl (C=O) groups is 1. The van der Waals surface area contributed by atoms with Crippen LogP contribution in [-0.4, -0.2) is 42.8 Å².